The fraction of sp³-hybridized carbons (Fsp3) is 0.588. The fourth-order valence-electron chi connectivity index (χ4n) is 2.83. The number of aliphatic imine (C=N–C) groups is 1. The van der Waals surface area contributed by atoms with Gasteiger partial charge in [-0.15, -0.1) is 0 Å². The third kappa shape index (κ3) is 6.30. The first-order valence-electron chi connectivity index (χ1n) is 8.60. The molecule has 0 aromatic heterocycles. The number of methoxy groups -OCH3 is 1. The van der Waals surface area contributed by atoms with Crippen molar-refractivity contribution in [3.05, 3.63) is 29.8 Å². The summed E-state index contributed by atoms with van der Waals surface area (Å²) in [6, 6.07) is 7.37. The van der Waals surface area contributed by atoms with E-state index in [1.165, 1.54) is 32.8 Å². The van der Waals surface area contributed by atoms with Gasteiger partial charge in [-0.1, -0.05) is 25.0 Å². The Kier molecular flexibility index (Phi) is 7.67. The molecule has 2 rings (SSSR count). The molecule has 0 atom stereocenters. The lowest BCUT2D eigenvalue weighted by Gasteiger charge is -2.17. The molecule has 25 heavy (non-hydrogen) atoms. The number of hydrogen-bond acceptors (Lipinski definition) is 4. The van der Waals surface area contributed by atoms with Gasteiger partial charge >= 0.3 is 0 Å². The SMILES string of the molecule is CN=C(NCc1cccc(S(=O)(=O)NCCOC)c1)NC1CCCC1. The van der Waals surface area contributed by atoms with E-state index in [1.807, 2.05) is 6.07 Å². The van der Waals surface area contributed by atoms with Crippen molar-refractivity contribution in [2.75, 3.05) is 27.3 Å². The Bertz CT molecular complexity index is 670. The molecule has 8 heteroatoms. The molecule has 0 unspecified atom stereocenters. The van der Waals surface area contributed by atoms with Gasteiger partial charge in [-0.3, -0.25) is 4.99 Å². The summed E-state index contributed by atoms with van der Waals surface area (Å²) in [6.07, 6.45) is 4.85. The Hall–Kier alpha value is -1.64. The predicted molar refractivity (Wildman–Crippen MR) is 99.1 cm³/mol. The highest BCUT2D eigenvalue weighted by Crippen LogP contribution is 2.17. The molecule has 1 saturated carbocycles. The molecule has 0 aliphatic heterocycles. The number of guanidine groups is 1. The van der Waals surface area contributed by atoms with Crippen LogP contribution in [0.5, 0.6) is 0 Å². The Morgan fingerprint density at radius 1 is 1.32 bits per heavy atom. The van der Waals surface area contributed by atoms with E-state index in [0.717, 1.165) is 11.5 Å². The van der Waals surface area contributed by atoms with Crippen molar-refractivity contribution in [2.24, 2.45) is 4.99 Å². The van der Waals surface area contributed by atoms with E-state index in [0.29, 0.717) is 19.2 Å². The summed E-state index contributed by atoms with van der Waals surface area (Å²) < 4.78 is 31.9. The van der Waals surface area contributed by atoms with Crippen LogP contribution in [0.1, 0.15) is 31.2 Å². The summed E-state index contributed by atoms with van der Waals surface area (Å²) in [4.78, 5) is 4.49. The van der Waals surface area contributed by atoms with Crippen LogP contribution in [0.4, 0.5) is 0 Å². The quantitative estimate of drug-likeness (QED) is 0.365. The fourth-order valence-corrected chi connectivity index (χ4v) is 3.91. The van der Waals surface area contributed by atoms with Gasteiger partial charge in [0.25, 0.3) is 0 Å². The van der Waals surface area contributed by atoms with Crippen LogP contribution in [0.25, 0.3) is 0 Å². The van der Waals surface area contributed by atoms with Crippen LogP contribution in [-0.4, -0.2) is 47.7 Å². The summed E-state index contributed by atoms with van der Waals surface area (Å²) in [5.74, 6) is 0.748. The molecule has 0 radical (unpaired) electrons. The lowest BCUT2D eigenvalue weighted by molar-refractivity contribution is 0.204. The third-order valence-corrected chi connectivity index (χ3v) is 5.65. The molecule has 3 N–H and O–H groups in total. The highest BCUT2D eigenvalue weighted by molar-refractivity contribution is 7.89. The zero-order valence-corrected chi connectivity index (χ0v) is 15.7. The Morgan fingerprint density at radius 3 is 2.76 bits per heavy atom. The smallest absolute Gasteiger partial charge is 0.240 e. The average molecular weight is 369 g/mol. The Labute approximate surface area is 150 Å². The van der Waals surface area contributed by atoms with Crippen molar-refractivity contribution >= 4 is 16.0 Å². The highest BCUT2D eigenvalue weighted by Gasteiger charge is 2.16. The van der Waals surface area contributed by atoms with Crippen molar-refractivity contribution in [1.29, 1.82) is 0 Å². The number of sulfonamides is 1. The van der Waals surface area contributed by atoms with Gasteiger partial charge in [0.1, 0.15) is 0 Å². The van der Waals surface area contributed by atoms with Crippen molar-refractivity contribution in [3.8, 4) is 0 Å². The number of ether oxygens (including phenoxy) is 1. The predicted octanol–water partition coefficient (Wildman–Crippen LogP) is 1.22. The molecule has 1 aliphatic rings. The van der Waals surface area contributed by atoms with Gasteiger partial charge in [0, 0.05) is 33.3 Å². The van der Waals surface area contributed by atoms with Gasteiger partial charge in [0.15, 0.2) is 5.96 Å². The minimum Gasteiger partial charge on any atom is -0.383 e. The first-order chi connectivity index (χ1) is 12.0. The van der Waals surface area contributed by atoms with Crippen LogP contribution in [0.3, 0.4) is 0 Å². The van der Waals surface area contributed by atoms with Crippen molar-refractivity contribution < 1.29 is 13.2 Å². The summed E-state index contributed by atoms with van der Waals surface area (Å²) in [7, 11) is -0.246. The number of hydrogen-bond donors (Lipinski definition) is 3. The van der Waals surface area contributed by atoms with E-state index in [1.54, 1.807) is 25.2 Å². The molecule has 140 valence electrons. The van der Waals surface area contributed by atoms with E-state index in [9.17, 15) is 8.42 Å². The van der Waals surface area contributed by atoms with Crippen LogP contribution in [-0.2, 0) is 21.3 Å². The van der Waals surface area contributed by atoms with Gasteiger partial charge in [0.05, 0.1) is 11.5 Å². The summed E-state index contributed by atoms with van der Waals surface area (Å²) >= 11 is 0. The standard InChI is InChI=1S/C17H28N4O3S/c1-18-17(21-15-7-3-4-8-15)19-13-14-6-5-9-16(12-14)25(22,23)20-10-11-24-2/h5-6,9,12,15,20H,3-4,7-8,10-11,13H2,1-2H3,(H2,18,19,21). The molecule has 0 bridgehead atoms. The average Bonchev–Trinajstić information content (AvgIpc) is 3.12. The Morgan fingerprint density at radius 2 is 2.08 bits per heavy atom. The minimum atomic E-state index is -3.52. The maximum absolute atomic E-state index is 12.3. The molecule has 1 aliphatic carbocycles. The maximum atomic E-state index is 12.3. The second-order valence-corrected chi connectivity index (χ2v) is 7.86. The molecule has 1 aromatic carbocycles. The first-order valence-corrected chi connectivity index (χ1v) is 10.1. The second-order valence-electron chi connectivity index (χ2n) is 6.09. The van der Waals surface area contributed by atoms with Crippen LogP contribution in [0, 0.1) is 0 Å². The monoisotopic (exact) mass is 368 g/mol. The molecule has 1 aromatic rings. The molecule has 0 heterocycles. The van der Waals surface area contributed by atoms with Gasteiger partial charge in [-0.25, -0.2) is 13.1 Å². The van der Waals surface area contributed by atoms with Crippen LogP contribution < -0.4 is 15.4 Å². The molecule has 0 amide bonds. The van der Waals surface area contributed by atoms with E-state index >= 15 is 0 Å². The van der Waals surface area contributed by atoms with E-state index < -0.39 is 10.0 Å². The molecular weight excluding hydrogens is 340 g/mol. The van der Waals surface area contributed by atoms with Gasteiger partial charge < -0.3 is 15.4 Å². The van der Waals surface area contributed by atoms with E-state index in [4.69, 9.17) is 4.74 Å². The zero-order chi connectivity index (χ0) is 18.1. The number of rotatable bonds is 8. The molecule has 1 fully saturated rings. The second kappa shape index (κ2) is 9.74. The third-order valence-electron chi connectivity index (χ3n) is 4.19. The van der Waals surface area contributed by atoms with Crippen molar-refractivity contribution in [3.63, 3.8) is 0 Å². The lowest BCUT2D eigenvalue weighted by Crippen LogP contribution is -2.41. The summed E-state index contributed by atoms with van der Waals surface area (Å²) in [6.45, 7) is 1.09. The van der Waals surface area contributed by atoms with Gasteiger partial charge in [-0.05, 0) is 30.5 Å². The topological polar surface area (TPSA) is 91.8 Å². The van der Waals surface area contributed by atoms with Gasteiger partial charge in [0.2, 0.25) is 10.0 Å². The van der Waals surface area contributed by atoms with Crippen LogP contribution >= 0.6 is 0 Å². The highest BCUT2D eigenvalue weighted by atomic mass is 32.2. The zero-order valence-electron chi connectivity index (χ0n) is 14.9. The maximum Gasteiger partial charge on any atom is 0.240 e. The molecule has 0 spiro atoms. The van der Waals surface area contributed by atoms with E-state index in [-0.39, 0.29) is 11.4 Å². The minimum absolute atomic E-state index is 0.249. The first kappa shape index (κ1) is 19.7. The van der Waals surface area contributed by atoms with Crippen LogP contribution in [0.2, 0.25) is 0 Å². The Balaban J connectivity index is 1.93. The largest absolute Gasteiger partial charge is 0.383 e. The number of nitrogens with zero attached hydrogens (tertiary/aromatic N) is 1. The van der Waals surface area contributed by atoms with Gasteiger partial charge in [-0.2, -0.15) is 0 Å². The lowest BCUT2D eigenvalue weighted by atomic mass is 10.2. The van der Waals surface area contributed by atoms with Crippen molar-refractivity contribution in [1.82, 2.24) is 15.4 Å². The number of benzene rings is 1. The molecule has 7 nitrogen and oxygen atoms in total. The van der Waals surface area contributed by atoms with E-state index in [2.05, 4.69) is 20.3 Å². The van der Waals surface area contributed by atoms with Crippen LogP contribution in [0.15, 0.2) is 34.2 Å². The summed E-state index contributed by atoms with van der Waals surface area (Å²) in [5.41, 5.74) is 0.879. The summed E-state index contributed by atoms with van der Waals surface area (Å²) in [5, 5.41) is 6.66. The molecule has 0 saturated heterocycles. The number of nitrogens with one attached hydrogen (secondary N) is 3. The normalized spacial score (nSPS) is 16.2. The molecular formula is C17H28N4O3S. The van der Waals surface area contributed by atoms with Crippen molar-refractivity contribution in [2.45, 2.75) is 43.2 Å².